The van der Waals surface area contributed by atoms with E-state index < -0.39 is 11.7 Å². The van der Waals surface area contributed by atoms with Crippen LogP contribution in [0.25, 0.3) is 5.95 Å². The summed E-state index contributed by atoms with van der Waals surface area (Å²) in [5.41, 5.74) is 0.790. The Balaban J connectivity index is 1.97. The van der Waals surface area contributed by atoms with Crippen LogP contribution in [0.5, 0.6) is 0 Å². The van der Waals surface area contributed by atoms with E-state index in [0.29, 0.717) is 11.3 Å². The number of carbonyl (C=O) groups excluding carboxylic acids is 1. The Kier molecular flexibility index (Phi) is 4.66. The van der Waals surface area contributed by atoms with Crippen molar-refractivity contribution in [3.63, 3.8) is 0 Å². The van der Waals surface area contributed by atoms with Gasteiger partial charge in [-0.3, -0.25) is 14.6 Å². The molecular formula is C18H18FN5O2. The molecule has 0 spiro atoms. The van der Waals surface area contributed by atoms with E-state index in [1.807, 2.05) is 13.8 Å². The number of aromatic amines is 1. The Morgan fingerprint density at radius 3 is 2.69 bits per heavy atom. The summed E-state index contributed by atoms with van der Waals surface area (Å²) >= 11 is 0. The van der Waals surface area contributed by atoms with Crippen molar-refractivity contribution in [2.45, 2.75) is 26.7 Å². The molecule has 2 N–H and O–H groups in total. The second-order valence-corrected chi connectivity index (χ2v) is 6.16. The number of hydrogen-bond donors (Lipinski definition) is 2. The zero-order valence-electron chi connectivity index (χ0n) is 14.6. The highest BCUT2D eigenvalue weighted by molar-refractivity contribution is 6.04. The van der Waals surface area contributed by atoms with Crippen molar-refractivity contribution in [1.29, 1.82) is 0 Å². The molecule has 0 fully saturated rings. The number of anilines is 1. The molecular weight excluding hydrogens is 337 g/mol. The number of carbonyl (C=O) groups is 1. The topological polar surface area (TPSA) is 92.7 Å². The molecule has 0 radical (unpaired) electrons. The highest BCUT2D eigenvalue weighted by Gasteiger charge is 2.17. The van der Waals surface area contributed by atoms with Gasteiger partial charge in [-0.2, -0.15) is 9.78 Å². The Bertz CT molecular complexity index is 1020. The number of benzene rings is 1. The first-order valence-corrected chi connectivity index (χ1v) is 8.09. The number of hydrogen-bond acceptors (Lipinski definition) is 4. The number of H-pyrrole nitrogens is 1. The minimum absolute atomic E-state index is 0.0277. The number of amides is 1. The van der Waals surface area contributed by atoms with Crippen molar-refractivity contribution in [1.82, 2.24) is 19.7 Å². The summed E-state index contributed by atoms with van der Waals surface area (Å²) in [6.07, 6.45) is 1.48. The fraction of sp³-hybridized carbons (Fsp3) is 0.222. The van der Waals surface area contributed by atoms with Crippen LogP contribution in [0.4, 0.5) is 10.2 Å². The monoisotopic (exact) mass is 355 g/mol. The molecule has 1 aromatic carbocycles. The molecule has 3 rings (SSSR count). The minimum Gasteiger partial charge on any atom is -0.306 e. The van der Waals surface area contributed by atoms with Crippen molar-refractivity contribution in [2.75, 3.05) is 5.32 Å². The summed E-state index contributed by atoms with van der Waals surface area (Å²) in [4.78, 5) is 31.4. The van der Waals surface area contributed by atoms with Gasteiger partial charge in [0.25, 0.3) is 11.5 Å². The van der Waals surface area contributed by atoms with E-state index in [1.54, 1.807) is 19.1 Å². The molecule has 134 valence electrons. The van der Waals surface area contributed by atoms with E-state index in [4.69, 9.17) is 0 Å². The van der Waals surface area contributed by atoms with Gasteiger partial charge in [-0.05, 0) is 25.0 Å². The number of aromatic nitrogens is 4. The lowest BCUT2D eigenvalue weighted by Crippen LogP contribution is -2.21. The summed E-state index contributed by atoms with van der Waals surface area (Å²) in [6.45, 7) is 5.52. The summed E-state index contributed by atoms with van der Waals surface area (Å²) in [7, 11) is 0. The van der Waals surface area contributed by atoms with E-state index in [9.17, 15) is 14.0 Å². The fourth-order valence-corrected chi connectivity index (χ4v) is 2.49. The van der Waals surface area contributed by atoms with Crippen LogP contribution < -0.4 is 10.9 Å². The third kappa shape index (κ3) is 3.39. The predicted octanol–water partition coefficient (Wildman–Crippen LogP) is 2.78. The van der Waals surface area contributed by atoms with Crippen LogP contribution in [-0.2, 0) is 0 Å². The average Bonchev–Trinajstić information content (AvgIpc) is 2.95. The minimum atomic E-state index is -0.624. The molecule has 0 aliphatic heterocycles. The van der Waals surface area contributed by atoms with Gasteiger partial charge in [-0.1, -0.05) is 26.0 Å². The van der Waals surface area contributed by atoms with E-state index in [2.05, 4.69) is 20.4 Å². The average molecular weight is 355 g/mol. The first-order valence-electron chi connectivity index (χ1n) is 8.09. The largest absolute Gasteiger partial charge is 0.306 e. The molecule has 26 heavy (non-hydrogen) atoms. The van der Waals surface area contributed by atoms with E-state index in [-0.39, 0.29) is 28.8 Å². The van der Waals surface area contributed by atoms with E-state index in [1.165, 1.54) is 29.1 Å². The highest BCUT2D eigenvalue weighted by Crippen LogP contribution is 2.17. The van der Waals surface area contributed by atoms with Crippen LogP contribution in [0.15, 0.2) is 41.3 Å². The molecule has 0 unspecified atom stereocenters. The third-order valence-electron chi connectivity index (χ3n) is 3.83. The second-order valence-electron chi connectivity index (χ2n) is 6.16. The molecule has 1 amide bonds. The van der Waals surface area contributed by atoms with Crippen molar-refractivity contribution in [3.8, 4) is 5.95 Å². The Morgan fingerprint density at radius 2 is 2.04 bits per heavy atom. The number of nitrogens with zero attached hydrogens (tertiary/aromatic N) is 3. The molecule has 8 heteroatoms. The van der Waals surface area contributed by atoms with Crippen molar-refractivity contribution < 1.29 is 9.18 Å². The standard InChI is InChI=1S/C18H18FN5O2/c1-10(2)13-9-20-18(22-17(13)26)24-15(8-11(3)23-24)21-16(25)12-6-4-5-7-14(12)19/h4-10H,1-3H3,(H,21,25)(H,20,22,26). The molecule has 2 aromatic heterocycles. The molecule has 0 aliphatic rings. The third-order valence-corrected chi connectivity index (χ3v) is 3.83. The number of rotatable bonds is 4. The van der Waals surface area contributed by atoms with Gasteiger partial charge >= 0.3 is 0 Å². The zero-order chi connectivity index (χ0) is 18.8. The number of nitrogens with one attached hydrogen (secondary N) is 2. The van der Waals surface area contributed by atoms with Gasteiger partial charge in [0, 0.05) is 17.8 Å². The Labute approximate surface area is 148 Å². The van der Waals surface area contributed by atoms with Crippen molar-refractivity contribution in [3.05, 3.63) is 69.5 Å². The number of halogens is 1. The van der Waals surface area contributed by atoms with Crippen LogP contribution in [0, 0.1) is 12.7 Å². The van der Waals surface area contributed by atoms with Gasteiger partial charge in [-0.25, -0.2) is 9.37 Å². The zero-order valence-corrected chi connectivity index (χ0v) is 14.6. The molecule has 2 heterocycles. The first-order chi connectivity index (χ1) is 12.4. The maximum absolute atomic E-state index is 13.8. The predicted molar refractivity (Wildman–Crippen MR) is 95.2 cm³/mol. The molecule has 7 nitrogen and oxygen atoms in total. The molecule has 3 aromatic rings. The first kappa shape index (κ1) is 17.5. The maximum Gasteiger partial charge on any atom is 0.259 e. The van der Waals surface area contributed by atoms with Crippen molar-refractivity contribution >= 4 is 11.7 Å². The summed E-state index contributed by atoms with van der Waals surface area (Å²) in [6, 6.07) is 7.28. The lowest BCUT2D eigenvalue weighted by molar-refractivity contribution is 0.102. The Hall–Kier alpha value is -3.29. The summed E-state index contributed by atoms with van der Waals surface area (Å²) in [5, 5.41) is 6.84. The molecule has 0 atom stereocenters. The number of aryl methyl sites for hydroxylation is 1. The van der Waals surface area contributed by atoms with Crippen LogP contribution in [0.3, 0.4) is 0 Å². The van der Waals surface area contributed by atoms with E-state index in [0.717, 1.165) is 0 Å². The summed E-state index contributed by atoms with van der Waals surface area (Å²) in [5.74, 6) is -0.779. The molecule has 0 aliphatic carbocycles. The molecule has 0 saturated carbocycles. The lowest BCUT2D eigenvalue weighted by Gasteiger charge is -2.09. The molecule has 0 saturated heterocycles. The smallest absolute Gasteiger partial charge is 0.259 e. The fourth-order valence-electron chi connectivity index (χ4n) is 2.49. The SMILES string of the molecule is Cc1cc(NC(=O)c2ccccc2F)n(-c2ncc(C(C)C)c(=O)[nH]2)n1. The van der Waals surface area contributed by atoms with Crippen LogP contribution >= 0.6 is 0 Å². The normalized spacial score (nSPS) is 11.0. The van der Waals surface area contributed by atoms with Gasteiger partial charge in [0.1, 0.15) is 11.6 Å². The van der Waals surface area contributed by atoms with Gasteiger partial charge in [0.15, 0.2) is 0 Å². The quantitative estimate of drug-likeness (QED) is 0.753. The highest BCUT2D eigenvalue weighted by atomic mass is 19.1. The van der Waals surface area contributed by atoms with Crippen LogP contribution in [0.2, 0.25) is 0 Å². The van der Waals surface area contributed by atoms with E-state index >= 15 is 0 Å². The summed E-state index contributed by atoms with van der Waals surface area (Å²) < 4.78 is 15.1. The maximum atomic E-state index is 13.8. The van der Waals surface area contributed by atoms with Gasteiger partial charge < -0.3 is 5.32 Å². The van der Waals surface area contributed by atoms with Gasteiger partial charge in [-0.15, -0.1) is 0 Å². The lowest BCUT2D eigenvalue weighted by atomic mass is 10.1. The van der Waals surface area contributed by atoms with Gasteiger partial charge in [0.05, 0.1) is 11.3 Å². The van der Waals surface area contributed by atoms with Gasteiger partial charge in [0.2, 0.25) is 5.95 Å². The van der Waals surface area contributed by atoms with Crippen LogP contribution in [0.1, 0.15) is 41.4 Å². The van der Waals surface area contributed by atoms with Crippen molar-refractivity contribution in [2.24, 2.45) is 0 Å². The van der Waals surface area contributed by atoms with Crippen LogP contribution in [-0.4, -0.2) is 25.7 Å². The Morgan fingerprint density at radius 1 is 1.31 bits per heavy atom. The molecule has 0 bridgehead atoms. The second kappa shape index (κ2) is 6.91.